The zero-order valence-corrected chi connectivity index (χ0v) is 23.0. The molecule has 0 aromatic heterocycles. The molecule has 7 nitrogen and oxygen atoms in total. The van der Waals surface area contributed by atoms with Crippen LogP contribution in [0, 0.1) is 104 Å². The van der Waals surface area contributed by atoms with E-state index in [1.54, 1.807) is 0 Å². The van der Waals surface area contributed by atoms with E-state index in [1.807, 2.05) is 4.90 Å². The van der Waals surface area contributed by atoms with Crippen LogP contribution in [0.3, 0.4) is 0 Å². The van der Waals surface area contributed by atoms with Gasteiger partial charge >= 0.3 is 0 Å². The summed E-state index contributed by atoms with van der Waals surface area (Å²) in [6.07, 6.45) is 0. The maximum Gasteiger partial charge on any atom is 0.295 e. The van der Waals surface area contributed by atoms with Crippen molar-refractivity contribution in [2.24, 2.45) is 0 Å². The number of hydrogen-bond acceptors (Lipinski definition) is 4. The van der Waals surface area contributed by atoms with Gasteiger partial charge in [-0.3, -0.25) is 10.1 Å². The summed E-state index contributed by atoms with van der Waals surface area (Å²) in [5.74, 6) is -0.586. The van der Waals surface area contributed by atoms with Crippen LogP contribution < -0.4 is 10.2 Å². The van der Waals surface area contributed by atoms with Gasteiger partial charge in [0.15, 0.2) is 0 Å². The molecule has 0 bridgehead atoms. The fourth-order valence-corrected chi connectivity index (χ4v) is 2.31. The number of nitrogens with one attached hydrogen (secondary N) is 1. The summed E-state index contributed by atoms with van der Waals surface area (Å²) < 4.78 is 12.9. The average molecular weight is 763 g/mol. The molecule has 2 aliphatic heterocycles. The summed E-state index contributed by atoms with van der Waals surface area (Å²) in [5, 5.41) is 22.3. The zero-order chi connectivity index (χ0) is 15.8. The topological polar surface area (TPSA) is 86.6 Å². The van der Waals surface area contributed by atoms with E-state index in [0.717, 1.165) is 32.2 Å². The third-order valence-corrected chi connectivity index (χ3v) is 3.42. The number of anilines is 1. The first-order valence-corrected chi connectivity index (χ1v) is 7.34. The third-order valence-electron chi connectivity index (χ3n) is 3.42. The number of hydrogen-bond donors (Lipinski definition) is 1. The quantitative estimate of drug-likeness (QED) is 0.369. The summed E-state index contributed by atoms with van der Waals surface area (Å²) in [6, 6.07) is 3.66. The van der Waals surface area contributed by atoms with Crippen molar-refractivity contribution >= 4 is 11.4 Å². The van der Waals surface area contributed by atoms with Crippen LogP contribution in [0.4, 0.5) is 15.8 Å². The molecule has 0 aliphatic carbocycles. The Kier molecular flexibility index (Phi) is 14.9. The standard InChI is InChI=1S/C10H11FN3O2.C4H9N2.2Ac/c11-8-1-2-9(10(7-8)14(15)16)13-5-3-12-4-6-13;1-2-6-4-3-5-1;;/h1-2,7H,3-6H2;5H,1-4H2;;/q2*-1;;. The maximum absolute atomic E-state index is 12.9. The van der Waals surface area contributed by atoms with Gasteiger partial charge in [0.2, 0.25) is 0 Å². The molecule has 10 heteroatoms. The maximum atomic E-state index is 12.9. The van der Waals surface area contributed by atoms with Gasteiger partial charge in [-0.1, -0.05) is 0 Å². The van der Waals surface area contributed by atoms with Gasteiger partial charge in [0.05, 0.1) is 11.0 Å². The van der Waals surface area contributed by atoms with Crippen molar-refractivity contribution < 1.29 is 97.4 Å². The van der Waals surface area contributed by atoms with E-state index in [1.165, 1.54) is 12.1 Å². The number of rotatable bonds is 2. The molecule has 0 spiro atoms. The minimum atomic E-state index is -0.586. The van der Waals surface area contributed by atoms with Crippen molar-refractivity contribution in [1.29, 1.82) is 0 Å². The summed E-state index contributed by atoms with van der Waals surface area (Å²) >= 11 is 0. The van der Waals surface area contributed by atoms with E-state index >= 15 is 0 Å². The van der Waals surface area contributed by atoms with E-state index in [9.17, 15) is 14.5 Å². The van der Waals surface area contributed by atoms with E-state index in [-0.39, 0.29) is 93.8 Å². The molecule has 2 radical (unpaired) electrons. The number of nitro benzene ring substituents is 1. The van der Waals surface area contributed by atoms with E-state index in [4.69, 9.17) is 0 Å². The number of piperazine rings is 2. The summed E-state index contributed by atoms with van der Waals surface area (Å²) in [7, 11) is 0. The number of benzene rings is 1. The van der Waals surface area contributed by atoms with E-state index in [2.05, 4.69) is 16.0 Å². The van der Waals surface area contributed by atoms with Crippen molar-refractivity contribution in [2.45, 2.75) is 0 Å². The van der Waals surface area contributed by atoms with Gasteiger partial charge in [-0.05, 0) is 38.3 Å². The fourth-order valence-electron chi connectivity index (χ4n) is 2.31. The van der Waals surface area contributed by atoms with Crippen molar-refractivity contribution in [1.82, 2.24) is 5.32 Å². The minimum Gasteiger partial charge on any atom is -0.660 e. The van der Waals surface area contributed by atoms with E-state index in [0.29, 0.717) is 31.9 Å². The molecule has 0 saturated carbocycles. The molecular formula is C14H20Ac2FN5O2-2. The summed E-state index contributed by atoms with van der Waals surface area (Å²) in [5.41, 5.74) is 0.295. The van der Waals surface area contributed by atoms with Crippen LogP contribution in [0.1, 0.15) is 0 Å². The van der Waals surface area contributed by atoms with Gasteiger partial charge < -0.3 is 20.9 Å². The molecule has 2 saturated heterocycles. The van der Waals surface area contributed by atoms with Gasteiger partial charge in [0.25, 0.3) is 5.69 Å². The van der Waals surface area contributed by atoms with Gasteiger partial charge in [-0.15, -0.1) is 26.2 Å². The Morgan fingerprint density at radius 2 is 1.67 bits per heavy atom. The minimum absolute atomic E-state index is 0. The van der Waals surface area contributed by atoms with Crippen LogP contribution >= 0.6 is 0 Å². The molecule has 128 valence electrons. The first-order valence-electron chi connectivity index (χ1n) is 7.34. The van der Waals surface area contributed by atoms with Gasteiger partial charge in [-0.2, -0.15) is 0 Å². The Hall–Kier alpha value is 1.11. The average Bonchev–Trinajstić information content (AvgIpc) is 2.57. The second-order valence-corrected chi connectivity index (χ2v) is 4.97. The largest absolute Gasteiger partial charge is 0.660 e. The predicted molar refractivity (Wildman–Crippen MR) is 84.3 cm³/mol. The molecule has 1 aromatic carbocycles. The van der Waals surface area contributed by atoms with Gasteiger partial charge in [-0.25, -0.2) is 4.39 Å². The SMILES string of the molecule is C1CNCC[N-]1.O=[N+]([O-])c1cc(F)ccc1N1CC[N-]CC1.[Ac].[Ac]. The molecule has 3 rings (SSSR count). The van der Waals surface area contributed by atoms with Gasteiger partial charge in [0, 0.05) is 88.1 Å². The smallest absolute Gasteiger partial charge is 0.295 e. The first kappa shape index (κ1) is 25.1. The molecule has 1 N–H and O–H groups in total. The Morgan fingerprint density at radius 1 is 1.08 bits per heavy atom. The van der Waals surface area contributed by atoms with E-state index < -0.39 is 10.7 Å². The fraction of sp³-hybridized carbons (Fsp3) is 0.571. The molecule has 2 fully saturated rings. The van der Waals surface area contributed by atoms with Crippen LogP contribution in [-0.4, -0.2) is 57.3 Å². The molecule has 2 heterocycles. The second-order valence-electron chi connectivity index (χ2n) is 4.97. The number of halogens is 1. The molecule has 0 amide bonds. The molecule has 0 atom stereocenters. The van der Waals surface area contributed by atoms with Crippen LogP contribution in [0.25, 0.3) is 10.6 Å². The van der Waals surface area contributed by atoms with Crippen LogP contribution in [0.2, 0.25) is 0 Å². The van der Waals surface area contributed by atoms with Gasteiger partial charge in [0.1, 0.15) is 11.5 Å². The Balaban J connectivity index is 0.000000565. The Labute approximate surface area is 213 Å². The van der Waals surface area contributed by atoms with Crippen molar-refractivity contribution in [3.05, 3.63) is 44.8 Å². The van der Waals surface area contributed by atoms with Crippen molar-refractivity contribution in [2.75, 3.05) is 57.3 Å². The van der Waals surface area contributed by atoms with Crippen molar-refractivity contribution in [3.63, 3.8) is 0 Å². The summed E-state index contributed by atoms with van der Waals surface area (Å²) in [4.78, 5) is 12.1. The number of nitro groups is 1. The third kappa shape index (κ3) is 8.67. The first-order chi connectivity index (χ1) is 10.7. The Morgan fingerprint density at radius 3 is 2.12 bits per heavy atom. The monoisotopic (exact) mass is 763 g/mol. The molecule has 24 heavy (non-hydrogen) atoms. The normalized spacial score (nSPS) is 16.8. The Bertz CT molecular complexity index is 489. The molecule has 0 unspecified atom stereocenters. The van der Waals surface area contributed by atoms with Crippen LogP contribution in [0.15, 0.2) is 18.2 Å². The van der Waals surface area contributed by atoms with Crippen LogP contribution in [0.5, 0.6) is 0 Å². The summed E-state index contributed by atoms with van der Waals surface area (Å²) in [6.45, 7) is 6.81. The van der Waals surface area contributed by atoms with Crippen molar-refractivity contribution in [3.8, 4) is 0 Å². The molecule has 1 aromatic rings. The second kappa shape index (κ2) is 14.2. The zero-order valence-electron chi connectivity index (χ0n) is 13.5. The molecule has 2 aliphatic rings. The number of nitrogens with zero attached hydrogens (tertiary/aromatic N) is 4. The van der Waals surface area contributed by atoms with Crippen LogP contribution in [-0.2, 0) is 0 Å². The molecular weight excluding hydrogens is 743 g/mol. The predicted octanol–water partition coefficient (Wildman–Crippen LogP) is 1.89.